The third-order valence-electron chi connectivity index (χ3n) is 2.56. The number of hydrogen-bond donors (Lipinski definition) is 3. The summed E-state index contributed by atoms with van der Waals surface area (Å²) in [7, 11) is -3.79. The van der Waals surface area contributed by atoms with E-state index in [1.54, 1.807) is 13.8 Å². The Bertz CT molecular complexity index is 660. The third-order valence-corrected chi connectivity index (χ3v) is 4.21. The fraction of sp³-hybridized carbons (Fsp3) is 0.385. The Morgan fingerprint density at radius 3 is 2.45 bits per heavy atom. The second-order valence-corrected chi connectivity index (χ2v) is 6.54. The zero-order valence-electron chi connectivity index (χ0n) is 12.0. The Balaban J connectivity index is 3.02. The Hall–Kier alpha value is -2.00. The van der Waals surface area contributed by atoms with Gasteiger partial charge < -0.3 is 10.4 Å². The van der Waals surface area contributed by atoms with Gasteiger partial charge in [-0.15, -0.1) is 0 Å². The molecule has 1 aromatic rings. The molecule has 1 unspecified atom stereocenters. The van der Waals surface area contributed by atoms with Crippen LogP contribution in [-0.4, -0.2) is 44.2 Å². The van der Waals surface area contributed by atoms with E-state index < -0.39 is 34.6 Å². The normalized spacial score (nSPS) is 12.9. The number of alkyl halides is 1. The van der Waals surface area contributed by atoms with Gasteiger partial charge in [-0.3, -0.25) is 4.79 Å². The van der Waals surface area contributed by atoms with Crippen molar-refractivity contribution in [2.45, 2.75) is 30.8 Å². The lowest BCUT2D eigenvalue weighted by Crippen LogP contribution is -2.42. The predicted molar refractivity (Wildman–Crippen MR) is 76.8 cm³/mol. The van der Waals surface area contributed by atoms with Crippen LogP contribution in [0.25, 0.3) is 0 Å². The molecule has 0 aliphatic rings. The number of benzene rings is 1. The van der Waals surface area contributed by atoms with Gasteiger partial charge in [-0.2, -0.15) is 0 Å². The Morgan fingerprint density at radius 2 is 1.95 bits per heavy atom. The summed E-state index contributed by atoms with van der Waals surface area (Å²) in [6.45, 7) is 2.02. The number of rotatable bonds is 7. The first-order valence-electron chi connectivity index (χ1n) is 6.39. The SMILES string of the molecule is CC(C)NS(=O)(=O)c1cccc(C(=O)NC(CF)C(=O)O)c1. The molecule has 7 nitrogen and oxygen atoms in total. The van der Waals surface area contributed by atoms with Crippen LogP contribution in [0.3, 0.4) is 0 Å². The van der Waals surface area contributed by atoms with Crippen molar-refractivity contribution in [3.05, 3.63) is 29.8 Å². The lowest BCUT2D eigenvalue weighted by atomic mass is 10.2. The summed E-state index contributed by atoms with van der Waals surface area (Å²) >= 11 is 0. The quantitative estimate of drug-likeness (QED) is 0.674. The molecule has 0 aromatic heterocycles. The van der Waals surface area contributed by atoms with Crippen LogP contribution in [0.5, 0.6) is 0 Å². The molecule has 0 saturated carbocycles. The van der Waals surface area contributed by atoms with Crippen LogP contribution in [0, 0.1) is 0 Å². The molecule has 0 saturated heterocycles. The molecule has 1 aromatic carbocycles. The number of nitrogens with one attached hydrogen (secondary N) is 2. The van der Waals surface area contributed by atoms with Crippen molar-refractivity contribution in [1.82, 2.24) is 10.0 Å². The number of halogens is 1. The summed E-state index contributed by atoms with van der Waals surface area (Å²) in [4.78, 5) is 22.4. The predicted octanol–water partition coefficient (Wildman–Crippen LogP) is 0.526. The molecule has 0 heterocycles. The highest BCUT2D eigenvalue weighted by Crippen LogP contribution is 2.12. The minimum absolute atomic E-state index is 0.0775. The Labute approximate surface area is 127 Å². The number of carbonyl (C=O) groups excluding carboxylic acids is 1. The molecule has 3 N–H and O–H groups in total. The van der Waals surface area contributed by atoms with E-state index in [9.17, 15) is 22.4 Å². The number of sulfonamides is 1. The maximum absolute atomic E-state index is 12.5. The number of carbonyl (C=O) groups is 2. The smallest absolute Gasteiger partial charge is 0.328 e. The molecule has 22 heavy (non-hydrogen) atoms. The van der Waals surface area contributed by atoms with Crippen LogP contribution in [0.4, 0.5) is 4.39 Å². The molecule has 0 radical (unpaired) electrons. The summed E-state index contributed by atoms with van der Waals surface area (Å²) in [5.41, 5.74) is -0.0775. The first kappa shape index (κ1) is 18.1. The lowest BCUT2D eigenvalue weighted by molar-refractivity contribution is -0.139. The van der Waals surface area contributed by atoms with Gasteiger partial charge in [0.1, 0.15) is 6.67 Å². The maximum atomic E-state index is 12.5. The minimum atomic E-state index is -3.79. The molecule has 1 amide bonds. The highest BCUT2D eigenvalue weighted by molar-refractivity contribution is 7.89. The van der Waals surface area contributed by atoms with Crippen molar-refractivity contribution in [3.8, 4) is 0 Å². The van der Waals surface area contributed by atoms with E-state index in [2.05, 4.69) is 4.72 Å². The minimum Gasteiger partial charge on any atom is -0.480 e. The standard InChI is InChI=1S/C13H17FN2O5S/c1-8(2)16-22(20,21)10-5-3-4-9(6-10)12(17)15-11(7-14)13(18)19/h3-6,8,11,16H,7H2,1-2H3,(H,15,17)(H,18,19). The summed E-state index contributed by atoms with van der Waals surface area (Å²) in [5, 5.41) is 10.7. The molecular weight excluding hydrogens is 315 g/mol. The van der Waals surface area contributed by atoms with Crippen molar-refractivity contribution in [3.63, 3.8) is 0 Å². The van der Waals surface area contributed by atoms with Gasteiger partial charge in [0.2, 0.25) is 10.0 Å². The zero-order chi connectivity index (χ0) is 16.9. The molecule has 0 aliphatic heterocycles. The first-order chi connectivity index (χ1) is 10.2. The van der Waals surface area contributed by atoms with E-state index in [1.807, 2.05) is 5.32 Å². The second kappa shape index (κ2) is 7.32. The average Bonchev–Trinajstić information content (AvgIpc) is 2.43. The summed E-state index contributed by atoms with van der Waals surface area (Å²) in [6, 6.07) is 3.03. The Kier molecular flexibility index (Phi) is 6.01. The number of amides is 1. The average molecular weight is 332 g/mol. The van der Waals surface area contributed by atoms with E-state index in [4.69, 9.17) is 5.11 Å². The monoisotopic (exact) mass is 332 g/mol. The van der Waals surface area contributed by atoms with Crippen LogP contribution in [0.2, 0.25) is 0 Å². The molecule has 1 atom stereocenters. The largest absolute Gasteiger partial charge is 0.480 e. The molecule has 0 spiro atoms. The van der Waals surface area contributed by atoms with Gasteiger partial charge in [-0.1, -0.05) is 6.07 Å². The van der Waals surface area contributed by atoms with E-state index in [0.717, 1.165) is 6.07 Å². The van der Waals surface area contributed by atoms with Gasteiger partial charge in [0, 0.05) is 11.6 Å². The molecule has 122 valence electrons. The molecule has 9 heteroatoms. The van der Waals surface area contributed by atoms with E-state index in [0.29, 0.717) is 0 Å². The van der Waals surface area contributed by atoms with Crippen LogP contribution in [0.1, 0.15) is 24.2 Å². The van der Waals surface area contributed by atoms with Gasteiger partial charge in [-0.05, 0) is 32.0 Å². The lowest BCUT2D eigenvalue weighted by Gasteiger charge is -2.12. The fourth-order valence-corrected chi connectivity index (χ4v) is 2.89. The van der Waals surface area contributed by atoms with Gasteiger partial charge in [0.05, 0.1) is 4.90 Å². The van der Waals surface area contributed by atoms with Crippen LogP contribution in [0.15, 0.2) is 29.2 Å². The highest BCUT2D eigenvalue weighted by atomic mass is 32.2. The summed E-state index contributed by atoms with van der Waals surface area (Å²) < 4.78 is 38.9. The van der Waals surface area contributed by atoms with Gasteiger partial charge in [0.25, 0.3) is 5.91 Å². The molecule has 0 bridgehead atoms. The number of carboxylic acid groups (broad SMARTS) is 1. The van der Waals surface area contributed by atoms with E-state index >= 15 is 0 Å². The fourth-order valence-electron chi connectivity index (χ4n) is 1.59. The van der Waals surface area contributed by atoms with Crippen LogP contribution in [-0.2, 0) is 14.8 Å². The number of hydrogen-bond acceptors (Lipinski definition) is 4. The first-order valence-corrected chi connectivity index (χ1v) is 7.87. The van der Waals surface area contributed by atoms with Crippen molar-refractivity contribution < 1.29 is 27.5 Å². The van der Waals surface area contributed by atoms with Gasteiger partial charge >= 0.3 is 5.97 Å². The van der Waals surface area contributed by atoms with E-state index in [-0.39, 0.29) is 16.5 Å². The third kappa shape index (κ3) is 4.78. The van der Waals surface area contributed by atoms with E-state index in [1.165, 1.54) is 18.2 Å². The number of aliphatic carboxylic acids is 1. The molecule has 0 aliphatic carbocycles. The zero-order valence-corrected chi connectivity index (χ0v) is 12.9. The molecule has 1 rings (SSSR count). The summed E-state index contributed by atoms with van der Waals surface area (Å²) in [6.07, 6.45) is 0. The van der Waals surface area contributed by atoms with Crippen molar-refractivity contribution in [2.24, 2.45) is 0 Å². The van der Waals surface area contributed by atoms with Crippen molar-refractivity contribution in [2.75, 3.05) is 6.67 Å². The summed E-state index contributed by atoms with van der Waals surface area (Å²) in [5.74, 6) is -2.38. The van der Waals surface area contributed by atoms with Crippen molar-refractivity contribution >= 4 is 21.9 Å². The topological polar surface area (TPSA) is 113 Å². The van der Waals surface area contributed by atoms with Crippen LogP contribution < -0.4 is 10.0 Å². The van der Waals surface area contributed by atoms with Crippen LogP contribution >= 0.6 is 0 Å². The Morgan fingerprint density at radius 1 is 1.32 bits per heavy atom. The maximum Gasteiger partial charge on any atom is 0.328 e. The van der Waals surface area contributed by atoms with Gasteiger partial charge in [-0.25, -0.2) is 22.3 Å². The second-order valence-electron chi connectivity index (χ2n) is 4.82. The van der Waals surface area contributed by atoms with Gasteiger partial charge in [0.15, 0.2) is 6.04 Å². The number of carboxylic acids is 1. The molecule has 0 fully saturated rings. The highest BCUT2D eigenvalue weighted by Gasteiger charge is 2.22. The molecular formula is C13H17FN2O5S. The van der Waals surface area contributed by atoms with Crippen molar-refractivity contribution in [1.29, 1.82) is 0 Å².